The van der Waals surface area contributed by atoms with Crippen LogP contribution in [0.1, 0.15) is 29.8 Å². The maximum atomic E-state index is 15.0. The summed E-state index contributed by atoms with van der Waals surface area (Å²) in [7, 11) is 0. The molecule has 0 spiro atoms. The van der Waals surface area contributed by atoms with Crippen LogP contribution in [0.15, 0.2) is 29.2 Å². The molecule has 3 heterocycles. The molecule has 4 rings (SSSR count). The third-order valence-corrected chi connectivity index (χ3v) is 5.71. The van der Waals surface area contributed by atoms with Crippen molar-refractivity contribution in [1.29, 1.82) is 0 Å². The third kappa shape index (κ3) is 3.87. The van der Waals surface area contributed by atoms with Crippen molar-refractivity contribution in [3.63, 3.8) is 0 Å². The van der Waals surface area contributed by atoms with Crippen molar-refractivity contribution in [3.8, 4) is 0 Å². The van der Waals surface area contributed by atoms with Crippen LogP contribution >= 0.6 is 0 Å². The summed E-state index contributed by atoms with van der Waals surface area (Å²) in [6, 6.07) is 3.37. The lowest BCUT2D eigenvalue weighted by molar-refractivity contribution is -0.214. The van der Waals surface area contributed by atoms with Crippen LogP contribution in [0.5, 0.6) is 0 Å². The summed E-state index contributed by atoms with van der Waals surface area (Å²) in [5.41, 5.74) is -5.86. The smallest absolute Gasteiger partial charge is 0.379 e. The Balaban J connectivity index is 1.84. The lowest BCUT2D eigenvalue weighted by Crippen LogP contribution is -2.53. The molecule has 0 radical (unpaired) electrons. The van der Waals surface area contributed by atoms with E-state index in [1.165, 1.54) is 19.1 Å². The van der Waals surface area contributed by atoms with Gasteiger partial charge in [-0.15, -0.1) is 0 Å². The fourth-order valence-corrected chi connectivity index (χ4v) is 3.91. The van der Waals surface area contributed by atoms with E-state index in [2.05, 4.69) is 15.3 Å². The molecule has 6 nitrogen and oxygen atoms in total. The van der Waals surface area contributed by atoms with Crippen LogP contribution in [0, 0.1) is 18.6 Å². The van der Waals surface area contributed by atoms with Crippen LogP contribution < -0.4 is 10.9 Å². The topological polar surface area (TPSA) is 69.0 Å². The Morgan fingerprint density at radius 3 is 2.56 bits per heavy atom. The molecule has 13 heteroatoms. The lowest BCUT2D eigenvalue weighted by Gasteiger charge is -2.32. The number of benzene rings is 1. The molecule has 182 valence electrons. The van der Waals surface area contributed by atoms with Crippen LogP contribution in [0.25, 0.3) is 10.9 Å². The van der Waals surface area contributed by atoms with Gasteiger partial charge in [0.1, 0.15) is 23.0 Å². The number of aromatic nitrogens is 3. The van der Waals surface area contributed by atoms with Gasteiger partial charge < -0.3 is 10.1 Å². The van der Waals surface area contributed by atoms with Gasteiger partial charge in [0.2, 0.25) is 5.82 Å². The highest BCUT2D eigenvalue weighted by molar-refractivity contribution is 5.88. The number of fused-ring (bicyclic) bond motifs is 1. The van der Waals surface area contributed by atoms with Gasteiger partial charge in [0.05, 0.1) is 17.6 Å². The lowest BCUT2D eigenvalue weighted by atomic mass is 9.97. The highest BCUT2D eigenvalue weighted by Gasteiger charge is 2.59. The average molecular weight is 490 g/mol. The first-order chi connectivity index (χ1) is 16.0. The SMILES string of the molecule is Cc1nc(NCc2cccc(C(F)F)c2F)c2cn(C3(C(F)(F)F)CCOC3)c(=O)c(F)c2n1. The maximum absolute atomic E-state index is 15.0. The van der Waals surface area contributed by atoms with Crippen molar-refractivity contribution in [1.82, 2.24) is 14.5 Å². The van der Waals surface area contributed by atoms with Crippen LogP contribution in [0.3, 0.4) is 0 Å². The monoisotopic (exact) mass is 490 g/mol. The van der Waals surface area contributed by atoms with Crippen molar-refractivity contribution < 1.29 is 35.5 Å². The number of ether oxygens (including phenoxy) is 1. The Morgan fingerprint density at radius 1 is 1.21 bits per heavy atom. The number of halogens is 7. The molecule has 2 aromatic heterocycles. The molecule has 0 amide bonds. The van der Waals surface area contributed by atoms with E-state index in [0.717, 1.165) is 12.3 Å². The van der Waals surface area contributed by atoms with Crippen molar-refractivity contribution in [2.75, 3.05) is 18.5 Å². The Hall–Kier alpha value is -3.22. The van der Waals surface area contributed by atoms with Crippen LogP contribution in [-0.2, 0) is 16.8 Å². The van der Waals surface area contributed by atoms with Crippen molar-refractivity contribution in [2.45, 2.75) is 38.0 Å². The summed E-state index contributed by atoms with van der Waals surface area (Å²) in [4.78, 5) is 20.5. The zero-order valence-corrected chi connectivity index (χ0v) is 17.5. The molecule has 1 N–H and O–H groups in total. The molecule has 1 fully saturated rings. The number of nitrogens with zero attached hydrogens (tertiary/aromatic N) is 3. The normalized spacial score (nSPS) is 18.7. The fourth-order valence-electron chi connectivity index (χ4n) is 3.91. The summed E-state index contributed by atoms with van der Waals surface area (Å²) >= 11 is 0. The van der Waals surface area contributed by atoms with E-state index < -0.39 is 66.0 Å². The summed E-state index contributed by atoms with van der Waals surface area (Å²) in [5, 5.41) is 2.36. The molecule has 1 aliphatic rings. The van der Waals surface area contributed by atoms with Crippen LogP contribution in [-0.4, -0.2) is 33.9 Å². The summed E-state index contributed by atoms with van der Waals surface area (Å²) < 4.78 is 102. The quantitative estimate of drug-likeness (QED) is 0.530. The van der Waals surface area contributed by atoms with Gasteiger partial charge in [-0.3, -0.25) is 9.36 Å². The van der Waals surface area contributed by atoms with Crippen molar-refractivity contribution in [2.24, 2.45) is 0 Å². The van der Waals surface area contributed by atoms with Crippen LogP contribution in [0.4, 0.5) is 36.6 Å². The van der Waals surface area contributed by atoms with Gasteiger partial charge in [0, 0.05) is 31.3 Å². The number of pyridine rings is 1. The molecule has 1 aromatic carbocycles. The largest absolute Gasteiger partial charge is 0.414 e. The fraction of sp³-hybridized carbons (Fsp3) is 0.381. The Bertz CT molecular complexity index is 1300. The zero-order chi connectivity index (χ0) is 24.8. The number of nitrogens with one attached hydrogen (secondary N) is 1. The minimum atomic E-state index is -4.94. The van der Waals surface area contributed by atoms with Gasteiger partial charge in [-0.25, -0.2) is 23.1 Å². The molecule has 0 bridgehead atoms. The molecule has 1 atom stereocenters. The second kappa shape index (κ2) is 8.53. The number of rotatable bonds is 5. The predicted octanol–water partition coefficient (Wildman–Crippen LogP) is 4.61. The van der Waals surface area contributed by atoms with E-state index in [1.54, 1.807) is 0 Å². The molecular formula is C21H17F7N4O2. The standard InChI is InChI=1S/C21H17F7N4O2/c1-10-30-16-13(18(31-10)29-7-11-3-2-4-12(14(11)22)17(24)25)8-32(19(33)15(16)23)20(21(26,27)28)5-6-34-9-20/h2-4,8,17H,5-7,9H2,1H3,(H,29,30,31). The van der Waals surface area contributed by atoms with Gasteiger partial charge in [-0.1, -0.05) is 18.2 Å². The molecule has 0 saturated carbocycles. The van der Waals surface area contributed by atoms with E-state index >= 15 is 0 Å². The van der Waals surface area contributed by atoms with E-state index in [-0.39, 0.29) is 33.8 Å². The van der Waals surface area contributed by atoms with E-state index in [0.29, 0.717) is 0 Å². The Kier molecular flexibility index (Phi) is 6.00. The summed E-state index contributed by atoms with van der Waals surface area (Å²) in [6.45, 7) is -0.217. The van der Waals surface area contributed by atoms with Gasteiger partial charge in [-0.2, -0.15) is 17.6 Å². The van der Waals surface area contributed by atoms with Crippen molar-refractivity contribution in [3.05, 3.63) is 63.3 Å². The summed E-state index contributed by atoms with van der Waals surface area (Å²) in [6.07, 6.45) is -7.82. The van der Waals surface area contributed by atoms with Crippen LogP contribution in [0.2, 0.25) is 0 Å². The van der Waals surface area contributed by atoms with E-state index in [9.17, 15) is 35.5 Å². The van der Waals surface area contributed by atoms with E-state index in [4.69, 9.17) is 4.74 Å². The first kappa shape index (κ1) is 23.9. The molecule has 1 saturated heterocycles. The number of alkyl halides is 5. The molecule has 0 aliphatic carbocycles. The second-order valence-electron chi connectivity index (χ2n) is 7.81. The Labute approximate surface area is 187 Å². The molecule has 34 heavy (non-hydrogen) atoms. The first-order valence-electron chi connectivity index (χ1n) is 10.00. The second-order valence-corrected chi connectivity index (χ2v) is 7.81. The first-order valence-corrected chi connectivity index (χ1v) is 10.00. The minimum Gasteiger partial charge on any atom is -0.379 e. The molecular weight excluding hydrogens is 473 g/mol. The maximum Gasteiger partial charge on any atom is 0.414 e. The van der Waals surface area contributed by atoms with Gasteiger partial charge in [-0.05, 0) is 6.92 Å². The number of anilines is 1. The summed E-state index contributed by atoms with van der Waals surface area (Å²) in [5.74, 6) is -2.91. The zero-order valence-electron chi connectivity index (χ0n) is 17.5. The van der Waals surface area contributed by atoms with Crippen molar-refractivity contribution >= 4 is 16.7 Å². The average Bonchev–Trinajstić information content (AvgIpc) is 3.26. The molecule has 1 unspecified atom stereocenters. The highest BCUT2D eigenvalue weighted by Crippen LogP contribution is 2.43. The van der Waals surface area contributed by atoms with Gasteiger partial charge in [0.25, 0.3) is 12.0 Å². The minimum absolute atomic E-state index is 0.0254. The van der Waals surface area contributed by atoms with Gasteiger partial charge >= 0.3 is 6.18 Å². The number of aryl methyl sites for hydroxylation is 1. The molecule has 1 aliphatic heterocycles. The predicted molar refractivity (Wildman–Crippen MR) is 107 cm³/mol. The Morgan fingerprint density at radius 2 is 1.94 bits per heavy atom. The molecule has 3 aromatic rings. The highest BCUT2D eigenvalue weighted by atomic mass is 19.4. The number of hydrogen-bond acceptors (Lipinski definition) is 5. The third-order valence-electron chi connectivity index (χ3n) is 5.71. The van der Waals surface area contributed by atoms with Gasteiger partial charge in [0.15, 0.2) is 5.54 Å². The number of hydrogen-bond donors (Lipinski definition) is 1. The van der Waals surface area contributed by atoms with E-state index in [1.807, 2.05) is 0 Å².